The van der Waals surface area contributed by atoms with Crippen molar-refractivity contribution in [3.05, 3.63) is 58.2 Å². The van der Waals surface area contributed by atoms with Crippen molar-refractivity contribution in [3.8, 4) is 5.75 Å². The summed E-state index contributed by atoms with van der Waals surface area (Å²) < 4.78 is 47.0. The number of hydrogen-bond donors (Lipinski definition) is 2. The first-order valence-electron chi connectivity index (χ1n) is 12.8. The highest BCUT2D eigenvalue weighted by Crippen LogP contribution is 2.48. The summed E-state index contributed by atoms with van der Waals surface area (Å²) in [4.78, 5) is 23.2. The van der Waals surface area contributed by atoms with Gasteiger partial charge in [-0.3, -0.25) is 4.79 Å². The van der Waals surface area contributed by atoms with Gasteiger partial charge in [0.2, 0.25) is 5.91 Å². The van der Waals surface area contributed by atoms with E-state index in [1.165, 1.54) is 12.1 Å². The number of nitrogens with zero attached hydrogens (tertiary/aromatic N) is 3. The average Bonchev–Trinajstić information content (AvgIpc) is 3.37. The van der Waals surface area contributed by atoms with Gasteiger partial charge in [0, 0.05) is 55.1 Å². The van der Waals surface area contributed by atoms with Crippen LogP contribution >= 0.6 is 0 Å². The number of aryl methyl sites for hydroxylation is 1. The van der Waals surface area contributed by atoms with Crippen LogP contribution in [0.25, 0.3) is 10.9 Å². The Morgan fingerprint density at radius 2 is 2.00 bits per heavy atom. The summed E-state index contributed by atoms with van der Waals surface area (Å²) in [6.45, 7) is 2.14. The van der Waals surface area contributed by atoms with Gasteiger partial charge in [-0.25, -0.2) is 23.1 Å². The fourth-order valence-corrected chi connectivity index (χ4v) is 5.62. The van der Waals surface area contributed by atoms with Crippen molar-refractivity contribution in [1.82, 2.24) is 14.9 Å². The summed E-state index contributed by atoms with van der Waals surface area (Å²) in [5.41, 5.74) is 0.450. The second-order valence-corrected chi connectivity index (χ2v) is 10.4. The minimum absolute atomic E-state index is 0.0561. The number of benzene rings is 2. The Labute approximate surface area is 219 Å². The van der Waals surface area contributed by atoms with Crippen LogP contribution in [-0.4, -0.2) is 46.6 Å². The number of hydrogen-bond acceptors (Lipinski definition) is 6. The molecule has 0 unspecified atom stereocenters. The minimum atomic E-state index is -2.91. The number of ether oxygens (including phenoxy) is 1. The van der Waals surface area contributed by atoms with E-state index in [1.54, 1.807) is 25.9 Å². The molecule has 1 aliphatic carbocycles. The molecule has 5 rings (SSSR count). The van der Waals surface area contributed by atoms with Crippen LogP contribution in [0.5, 0.6) is 5.75 Å². The van der Waals surface area contributed by atoms with Crippen LogP contribution in [0.1, 0.15) is 60.2 Å². The number of fused-ring (bicyclic) bond motifs is 3. The number of anilines is 1. The lowest BCUT2D eigenvalue weighted by atomic mass is 9.74. The molecule has 2 aromatic carbocycles. The molecule has 2 heterocycles. The van der Waals surface area contributed by atoms with Crippen molar-refractivity contribution in [2.75, 3.05) is 26.0 Å². The molecule has 38 heavy (non-hydrogen) atoms. The molecule has 0 spiro atoms. The molecule has 2 aliphatic rings. The monoisotopic (exact) mass is 528 g/mol. The molecule has 202 valence electrons. The minimum Gasteiger partial charge on any atom is -0.492 e. The molecule has 1 aromatic heterocycles. The second-order valence-electron chi connectivity index (χ2n) is 10.4. The van der Waals surface area contributed by atoms with Gasteiger partial charge in [-0.15, -0.1) is 0 Å². The molecule has 1 fully saturated rings. The van der Waals surface area contributed by atoms with Crippen molar-refractivity contribution in [1.29, 1.82) is 0 Å². The van der Waals surface area contributed by atoms with E-state index >= 15 is 0 Å². The van der Waals surface area contributed by atoms with E-state index in [0.29, 0.717) is 72.6 Å². The predicted octanol–water partition coefficient (Wildman–Crippen LogP) is 5.03. The van der Waals surface area contributed by atoms with Gasteiger partial charge >= 0.3 is 0 Å². The lowest BCUT2D eigenvalue weighted by Crippen LogP contribution is -2.38. The van der Waals surface area contributed by atoms with E-state index in [1.807, 2.05) is 6.07 Å². The van der Waals surface area contributed by atoms with Crippen molar-refractivity contribution in [3.63, 3.8) is 0 Å². The maximum Gasteiger partial charge on any atom is 0.266 e. The Morgan fingerprint density at radius 1 is 1.26 bits per heavy atom. The van der Waals surface area contributed by atoms with Gasteiger partial charge in [-0.2, -0.15) is 0 Å². The zero-order valence-electron chi connectivity index (χ0n) is 21.7. The number of aliphatic hydroxyl groups is 1. The smallest absolute Gasteiger partial charge is 0.266 e. The van der Waals surface area contributed by atoms with Crippen LogP contribution in [0, 0.1) is 18.7 Å². The van der Waals surface area contributed by atoms with Gasteiger partial charge in [0.25, 0.3) is 6.43 Å². The molecule has 2 N–H and O–H groups in total. The average molecular weight is 529 g/mol. The van der Waals surface area contributed by atoms with E-state index in [2.05, 4.69) is 15.3 Å². The molecule has 3 aromatic rings. The lowest BCUT2D eigenvalue weighted by molar-refractivity contribution is -0.136. The zero-order chi connectivity index (χ0) is 27.2. The Hall–Kier alpha value is -3.40. The van der Waals surface area contributed by atoms with Crippen LogP contribution in [0.4, 0.5) is 19.0 Å². The van der Waals surface area contributed by atoms with Crippen LogP contribution in [0.2, 0.25) is 0 Å². The second kappa shape index (κ2) is 10.1. The summed E-state index contributed by atoms with van der Waals surface area (Å²) in [6.07, 6.45) is -0.394. The molecule has 0 radical (unpaired) electrons. The number of amides is 1. The highest BCUT2D eigenvalue weighted by Gasteiger charge is 2.41. The highest BCUT2D eigenvalue weighted by molar-refractivity contribution is 5.94. The van der Waals surface area contributed by atoms with Gasteiger partial charge in [-0.1, -0.05) is 18.2 Å². The molecule has 0 saturated heterocycles. The third-order valence-electron chi connectivity index (χ3n) is 7.64. The molecule has 7 nitrogen and oxygen atoms in total. The normalized spacial score (nSPS) is 20.9. The molecular formula is C28H31F3N4O3. The summed E-state index contributed by atoms with van der Waals surface area (Å²) >= 11 is 0. The van der Waals surface area contributed by atoms with E-state index in [0.717, 1.165) is 11.6 Å². The SMILES string of the molecule is Cc1nc(NCc2cccc(C(F)F)c2F)c2cc(C3(O)CCC(C(=O)N(C)C)CC3)c3c(c2n1)CCO3. The molecule has 1 aliphatic heterocycles. The third-order valence-corrected chi connectivity index (χ3v) is 7.64. The summed E-state index contributed by atoms with van der Waals surface area (Å²) in [6, 6.07) is 5.75. The topological polar surface area (TPSA) is 87.6 Å². The van der Waals surface area contributed by atoms with Crippen molar-refractivity contribution in [2.45, 2.75) is 57.6 Å². The van der Waals surface area contributed by atoms with E-state index in [9.17, 15) is 23.1 Å². The van der Waals surface area contributed by atoms with Crippen molar-refractivity contribution < 1.29 is 27.8 Å². The fraction of sp³-hybridized carbons (Fsp3) is 0.464. The Kier molecular flexibility index (Phi) is 6.94. The maximum atomic E-state index is 14.7. The van der Waals surface area contributed by atoms with Gasteiger partial charge < -0.3 is 20.1 Å². The highest BCUT2D eigenvalue weighted by atomic mass is 19.3. The summed E-state index contributed by atoms with van der Waals surface area (Å²) in [5, 5.41) is 15.5. The van der Waals surface area contributed by atoms with Crippen LogP contribution < -0.4 is 10.1 Å². The largest absolute Gasteiger partial charge is 0.492 e. The van der Waals surface area contributed by atoms with E-state index < -0.39 is 23.4 Å². The summed E-state index contributed by atoms with van der Waals surface area (Å²) in [7, 11) is 3.47. The zero-order valence-corrected chi connectivity index (χ0v) is 21.7. The Balaban J connectivity index is 1.52. The Morgan fingerprint density at radius 3 is 2.68 bits per heavy atom. The van der Waals surface area contributed by atoms with E-state index in [4.69, 9.17) is 4.74 Å². The van der Waals surface area contributed by atoms with E-state index in [-0.39, 0.29) is 23.9 Å². The number of carbonyl (C=O) groups excluding carboxylic acids is 1. The number of aromatic nitrogens is 2. The first-order chi connectivity index (χ1) is 18.1. The van der Waals surface area contributed by atoms with Gasteiger partial charge in [0.15, 0.2) is 0 Å². The molecule has 1 amide bonds. The molecule has 1 saturated carbocycles. The molecular weight excluding hydrogens is 497 g/mol. The van der Waals surface area contributed by atoms with Crippen LogP contribution in [0.15, 0.2) is 24.3 Å². The van der Waals surface area contributed by atoms with Crippen LogP contribution in [0.3, 0.4) is 0 Å². The maximum absolute atomic E-state index is 14.7. The first-order valence-corrected chi connectivity index (χ1v) is 12.8. The number of rotatable bonds is 6. The standard InChI is InChI=1S/C28H31F3N4O3/c1-15-33-23-19-9-12-38-24(19)21(28(37)10-7-16(8-11-28)27(36)35(2)3)13-20(23)26(34-15)32-14-17-5-4-6-18(22(17)29)25(30)31/h4-6,13,16,25,37H,7-12,14H2,1-3H3,(H,32,33,34). The van der Waals surface area contributed by atoms with Crippen molar-refractivity contribution in [2.24, 2.45) is 5.92 Å². The van der Waals surface area contributed by atoms with Gasteiger partial charge in [-0.05, 0) is 38.7 Å². The quantitative estimate of drug-likeness (QED) is 0.467. The first kappa shape index (κ1) is 26.2. The Bertz CT molecular complexity index is 1390. The lowest BCUT2D eigenvalue weighted by Gasteiger charge is -2.37. The van der Waals surface area contributed by atoms with Gasteiger partial charge in [0.05, 0.1) is 23.3 Å². The molecule has 10 heteroatoms. The van der Waals surface area contributed by atoms with Crippen LogP contribution in [-0.2, 0) is 23.4 Å². The number of nitrogens with one attached hydrogen (secondary N) is 1. The molecule has 0 bridgehead atoms. The van der Waals surface area contributed by atoms with Crippen molar-refractivity contribution >= 4 is 22.6 Å². The summed E-state index contributed by atoms with van der Waals surface area (Å²) in [5.74, 6) is 0.512. The fourth-order valence-electron chi connectivity index (χ4n) is 5.62. The predicted molar refractivity (Wildman–Crippen MR) is 137 cm³/mol. The number of halogens is 3. The van der Waals surface area contributed by atoms with Gasteiger partial charge in [0.1, 0.15) is 23.2 Å². The third kappa shape index (κ3) is 4.66. The number of carbonyl (C=O) groups is 1. The molecule has 0 atom stereocenters. The number of alkyl halides is 2.